The number of alkyl halides is 3. The summed E-state index contributed by atoms with van der Waals surface area (Å²) in [5.74, 6) is 2.09. The molecule has 2 aromatic carbocycles. The minimum absolute atomic E-state index is 0.00355. The second kappa shape index (κ2) is 11.0. The van der Waals surface area contributed by atoms with Crippen LogP contribution < -0.4 is 14.2 Å². The fraction of sp³-hybridized carbons (Fsp3) is 0.500. The number of hydrogen-bond donors (Lipinski definition) is 0. The van der Waals surface area contributed by atoms with E-state index in [-0.39, 0.29) is 24.5 Å². The molecule has 3 aromatic rings. The SMILES string of the molecule is COc1cc(CC(=O)N2CCC(n3c(C4CCCO4)nc4cc(C(F)(F)F)ccc43)CC2)cc(OC)c1OC. The number of halogens is 3. The predicted molar refractivity (Wildman–Crippen MR) is 137 cm³/mol. The van der Waals surface area contributed by atoms with Gasteiger partial charge in [-0.1, -0.05) is 0 Å². The van der Waals surface area contributed by atoms with E-state index >= 15 is 0 Å². The highest BCUT2D eigenvalue weighted by Crippen LogP contribution is 2.40. The lowest BCUT2D eigenvalue weighted by molar-refractivity contribution is -0.137. The Morgan fingerprint density at radius 1 is 1.03 bits per heavy atom. The first-order valence-electron chi connectivity index (χ1n) is 13.0. The molecule has 0 spiro atoms. The summed E-state index contributed by atoms with van der Waals surface area (Å²) < 4.78 is 64.2. The molecular weight excluding hydrogens is 515 g/mol. The van der Waals surface area contributed by atoms with Gasteiger partial charge < -0.3 is 28.4 Å². The number of carbonyl (C=O) groups is 1. The normalized spacial score (nSPS) is 18.5. The van der Waals surface area contributed by atoms with Gasteiger partial charge in [0.15, 0.2) is 11.5 Å². The topological polar surface area (TPSA) is 75.1 Å². The number of methoxy groups -OCH3 is 3. The third-order valence-corrected chi connectivity index (χ3v) is 7.52. The van der Waals surface area contributed by atoms with Crippen LogP contribution >= 0.6 is 0 Å². The zero-order chi connectivity index (χ0) is 27.7. The smallest absolute Gasteiger partial charge is 0.416 e. The van der Waals surface area contributed by atoms with Crippen LogP contribution in [0.15, 0.2) is 30.3 Å². The maximum atomic E-state index is 13.4. The third kappa shape index (κ3) is 5.36. The molecule has 0 radical (unpaired) electrons. The van der Waals surface area contributed by atoms with Crippen molar-refractivity contribution in [1.29, 1.82) is 0 Å². The van der Waals surface area contributed by atoms with E-state index in [4.69, 9.17) is 18.9 Å². The van der Waals surface area contributed by atoms with Crippen molar-refractivity contribution in [3.05, 3.63) is 47.3 Å². The molecule has 2 saturated heterocycles. The molecule has 0 bridgehead atoms. The van der Waals surface area contributed by atoms with E-state index in [0.717, 1.165) is 30.5 Å². The zero-order valence-electron chi connectivity index (χ0n) is 22.2. The van der Waals surface area contributed by atoms with Gasteiger partial charge in [0.2, 0.25) is 11.7 Å². The highest BCUT2D eigenvalue weighted by molar-refractivity contribution is 5.80. The molecule has 8 nitrogen and oxygen atoms in total. The molecular formula is C28H32F3N3O5. The highest BCUT2D eigenvalue weighted by atomic mass is 19.4. The largest absolute Gasteiger partial charge is 0.493 e. The quantitative estimate of drug-likeness (QED) is 0.398. The Kier molecular flexibility index (Phi) is 7.61. The standard InChI is InChI=1S/C28H32F3N3O5/c1-36-23-13-17(14-24(37-2)26(23)38-3)15-25(35)33-10-8-19(9-11-33)34-21-7-6-18(28(29,30)31)16-20(21)32-27(34)22-5-4-12-39-22/h6-7,13-14,16,19,22H,4-5,8-12,15H2,1-3H3. The van der Waals surface area contributed by atoms with Gasteiger partial charge in [0.1, 0.15) is 11.9 Å². The van der Waals surface area contributed by atoms with Crippen LogP contribution in [0.25, 0.3) is 11.0 Å². The van der Waals surface area contributed by atoms with Crippen LogP contribution in [0.2, 0.25) is 0 Å². The maximum absolute atomic E-state index is 13.4. The minimum atomic E-state index is -4.44. The predicted octanol–water partition coefficient (Wildman–Crippen LogP) is 5.34. The number of ether oxygens (including phenoxy) is 4. The van der Waals surface area contributed by atoms with Gasteiger partial charge in [-0.3, -0.25) is 4.79 Å². The Labute approximate surface area is 224 Å². The first-order chi connectivity index (χ1) is 18.7. The summed E-state index contributed by atoms with van der Waals surface area (Å²) in [7, 11) is 4.59. The van der Waals surface area contributed by atoms with Crippen molar-refractivity contribution in [1.82, 2.24) is 14.5 Å². The maximum Gasteiger partial charge on any atom is 0.416 e. The highest BCUT2D eigenvalue weighted by Gasteiger charge is 2.34. The lowest BCUT2D eigenvalue weighted by atomic mass is 10.0. The summed E-state index contributed by atoms with van der Waals surface area (Å²) in [5, 5.41) is 0. The number of aromatic nitrogens is 2. The fourth-order valence-electron chi connectivity index (χ4n) is 5.58. The van der Waals surface area contributed by atoms with Crippen LogP contribution in [0.5, 0.6) is 17.2 Å². The Morgan fingerprint density at radius 2 is 1.72 bits per heavy atom. The molecule has 2 fully saturated rings. The van der Waals surface area contributed by atoms with E-state index in [1.54, 1.807) is 12.1 Å². The van der Waals surface area contributed by atoms with Crippen LogP contribution in [0.4, 0.5) is 13.2 Å². The second-order valence-electron chi connectivity index (χ2n) is 9.87. The number of rotatable bonds is 7. The Morgan fingerprint density at radius 3 is 2.28 bits per heavy atom. The van der Waals surface area contributed by atoms with Crippen molar-refractivity contribution in [2.24, 2.45) is 0 Å². The van der Waals surface area contributed by atoms with Gasteiger partial charge >= 0.3 is 6.18 Å². The van der Waals surface area contributed by atoms with Gasteiger partial charge in [-0.25, -0.2) is 4.98 Å². The van der Waals surface area contributed by atoms with Gasteiger partial charge in [-0.2, -0.15) is 13.2 Å². The molecule has 5 rings (SSSR count). The number of amides is 1. The Balaban J connectivity index is 1.34. The zero-order valence-corrected chi connectivity index (χ0v) is 22.2. The van der Waals surface area contributed by atoms with Crippen LogP contribution in [-0.2, 0) is 22.1 Å². The molecule has 0 N–H and O–H groups in total. The number of benzene rings is 2. The summed E-state index contributed by atoms with van der Waals surface area (Å²) >= 11 is 0. The molecule has 1 unspecified atom stereocenters. The summed E-state index contributed by atoms with van der Waals surface area (Å²) in [5.41, 5.74) is 1.01. The van der Waals surface area contributed by atoms with E-state index in [2.05, 4.69) is 4.98 Å². The van der Waals surface area contributed by atoms with Crippen molar-refractivity contribution >= 4 is 16.9 Å². The molecule has 0 saturated carbocycles. The first-order valence-corrected chi connectivity index (χ1v) is 13.0. The third-order valence-electron chi connectivity index (χ3n) is 7.52. The van der Waals surface area contributed by atoms with Crippen LogP contribution in [-0.4, -0.2) is 61.4 Å². The summed E-state index contributed by atoms with van der Waals surface area (Å²) in [6.07, 6.45) is -1.52. The first kappa shape index (κ1) is 27.1. The number of hydrogen-bond acceptors (Lipinski definition) is 6. The lowest BCUT2D eigenvalue weighted by Crippen LogP contribution is -2.40. The van der Waals surface area contributed by atoms with E-state index in [1.165, 1.54) is 27.4 Å². The molecule has 1 amide bonds. The molecule has 39 heavy (non-hydrogen) atoms. The van der Waals surface area contributed by atoms with Gasteiger partial charge in [0.25, 0.3) is 0 Å². The number of likely N-dealkylation sites (tertiary alicyclic amines) is 1. The lowest BCUT2D eigenvalue weighted by Gasteiger charge is -2.34. The Hall–Kier alpha value is -3.47. The van der Waals surface area contributed by atoms with Crippen molar-refractivity contribution < 1.29 is 36.9 Å². The number of piperidine rings is 1. The number of fused-ring (bicyclic) bond motifs is 1. The number of nitrogens with zero attached hydrogens (tertiary/aromatic N) is 3. The van der Waals surface area contributed by atoms with Crippen LogP contribution in [0.1, 0.15) is 54.8 Å². The monoisotopic (exact) mass is 547 g/mol. The molecule has 210 valence electrons. The molecule has 3 heterocycles. The molecule has 11 heteroatoms. The Bertz CT molecular complexity index is 1320. The average Bonchev–Trinajstić information content (AvgIpc) is 3.59. The summed E-state index contributed by atoms with van der Waals surface area (Å²) in [6, 6.07) is 7.26. The van der Waals surface area contributed by atoms with E-state index in [0.29, 0.717) is 66.6 Å². The van der Waals surface area contributed by atoms with Crippen LogP contribution in [0, 0.1) is 0 Å². The van der Waals surface area contributed by atoms with E-state index < -0.39 is 11.7 Å². The number of imidazole rings is 1. The molecule has 2 aliphatic rings. The summed E-state index contributed by atoms with van der Waals surface area (Å²) in [4.78, 5) is 19.7. The van der Waals surface area contributed by atoms with Gasteiger partial charge in [0.05, 0.1) is 44.3 Å². The summed E-state index contributed by atoms with van der Waals surface area (Å²) in [6.45, 7) is 1.66. The van der Waals surface area contributed by atoms with Gasteiger partial charge in [0, 0.05) is 25.7 Å². The van der Waals surface area contributed by atoms with Crippen molar-refractivity contribution in [2.45, 2.75) is 50.4 Å². The van der Waals surface area contributed by atoms with Crippen molar-refractivity contribution in [3.8, 4) is 17.2 Å². The van der Waals surface area contributed by atoms with Gasteiger partial charge in [-0.05, 0) is 61.6 Å². The molecule has 1 atom stereocenters. The van der Waals surface area contributed by atoms with E-state index in [9.17, 15) is 18.0 Å². The van der Waals surface area contributed by atoms with Crippen molar-refractivity contribution in [2.75, 3.05) is 41.0 Å². The average molecular weight is 548 g/mol. The second-order valence-corrected chi connectivity index (χ2v) is 9.87. The minimum Gasteiger partial charge on any atom is -0.493 e. The molecule has 0 aliphatic carbocycles. The van der Waals surface area contributed by atoms with Crippen LogP contribution in [0.3, 0.4) is 0 Å². The van der Waals surface area contributed by atoms with Gasteiger partial charge in [-0.15, -0.1) is 0 Å². The van der Waals surface area contributed by atoms with E-state index in [1.807, 2.05) is 9.47 Å². The molecule has 1 aromatic heterocycles. The fourth-order valence-corrected chi connectivity index (χ4v) is 5.58. The van der Waals surface area contributed by atoms with Crippen molar-refractivity contribution in [3.63, 3.8) is 0 Å². The molecule has 2 aliphatic heterocycles. The number of carbonyl (C=O) groups excluding carboxylic acids is 1.